The van der Waals surface area contributed by atoms with Crippen LogP contribution in [0, 0.1) is 0 Å². The normalized spacial score (nSPS) is 12.3. The van der Waals surface area contributed by atoms with Crippen LogP contribution < -0.4 is 10.6 Å². The number of ether oxygens (including phenoxy) is 1. The van der Waals surface area contributed by atoms with Crippen molar-refractivity contribution in [1.29, 1.82) is 0 Å². The first-order valence-corrected chi connectivity index (χ1v) is 6.73. The Morgan fingerprint density at radius 3 is 2.68 bits per heavy atom. The first-order chi connectivity index (χ1) is 9.06. The number of anilines is 1. The molecule has 1 aromatic carbocycles. The molecule has 19 heavy (non-hydrogen) atoms. The zero-order chi connectivity index (χ0) is 14.3. The molecule has 0 aliphatic carbocycles. The predicted octanol–water partition coefficient (Wildman–Crippen LogP) is 2.66. The second-order valence-electron chi connectivity index (χ2n) is 4.91. The SMILES string of the molecule is CCC(COC)Nc1cccc(C(=O)NC(C)C)c1. The van der Waals surface area contributed by atoms with E-state index in [0.29, 0.717) is 12.2 Å². The maximum atomic E-state index is 11.9. The Balaban J connectivity index is 2.73. The molecule has 1 unspecified atom stereocenters. The van der Waals surface area contributed by atoms with Crippen molar-refractivity contribution in [3.63, 3.8) is 0 Å². The van der Waals surface area contributed by atoms with Crippen LogP contribution in [0.4, 0.5) is 5.69 Å². The lowest BCUT2D eigenvalue weighted by Gasteiger charge is -2.18. The summed E-state index contributed by atoms with van der Waals surface area (Å²) in [6.07, 6.45) is 0.969. The lowest BCUT2D eigenvalue weighted by Crippen LogP contribution is -2.30. The molecule has 0 fully saturated rings. The summed E-state index contributed by atoms with van der Waals surface area (Å²) in [5.74, 6) is -0.0431. The summed E-state index contributed by atoms with van der Waals surface area (Å²) in [5, 5.41) is 6.26. The van der Waals surface area contributed by atoms with E-state index in [0.717, 1.165) is 12.1 Å². The van der Waals surface area contributed by atoms with Crippen LogP contribution in [0.2, 0.25) is 0 Å². The molecule has 4 heteroatoms. The summed E-state index contributed by atoms with van der Waals surface area (Å²) >= 11 is 0. The fourth-order valence-electron chi connectivity index (χ4n) is 1.79. The average molecular weight is 264 g/mol. The second-order valence-corrected chi connectivity index (χ2v) is 4.91. The Bertz CT molecular complexity index is 405. The molecule has 1 aromatic rings. The van der Waals surface area contributed by atoms with Crippen molar-refractivity contribution in [3.8, 4) is 0 Å². The maximum Gasteiger partial charge on any atom is 0.251 e. The number of hydrogen-bond acceptors (Lipinski definition) is 3. The molecule has 0 saturated heterocycles. The smallest absolute Gasteiger partial charge is 0.251 e. The molecule has 106 valence electrons. The number of carbonyl (C=O) groups excluding carboxylic acids is 1. The monoisotopic (exact) mass is 264 g/mol. The molecule has 0 heterocycles. The fraction of sp³-hybridized carbons (Fsp3) is 0.533. The summed E-state index contributed by atoms with van der Waals surface area (Å²) < 4.78 is 5.16. The van der Waals surface area contributed by atoms with Gasteiger partial charge in [0.05, 0.1) is 6.61 Å². The van der Waals surface area contributed by atoms with E-state index in [1.54, 1.807) is 7.11 Å². The predicted molar refractivity (Wildman–Crippen MR) is 78.6 cm³/mol. The van der Waals surface area contributed by atoms with Crippen LogP contribution in [0.3, 0.4) is 0 Å². The van der Waals surface area contributed by atoms with Gasteiger partial charge in [0.15, 0.2) is 0 Å². The topological polar surface area (TPSA) is 50.4 Å². The van der Waals surface area contributed by atoms with Gasteiger partial charge in [-0.2, -0.15) is 0 Å². The minimum Gasteiger partial charge on any atom is -0.383 e. The quantitative estimate of drug-likeness (QED) is 0.796. The Hall–Kier alpha value is -1.55. The zero-order valence-electron chi connectivity index (χ0n) is 12.2. The summed E-state index contributed by atoms with van der Waals surface area (Å²) in [4.78, 5) is 11.9. The van der Waals surface area contributed by atoms with Gasteiger partial charge in [0.25, 0.3) is 5.91 Å². The molecule has 0 aromatic heterocycles. The molecule has 1 atom stereocenters. The Morgan fingerprint density at radius 2 is 2.11 bits per heavy atom. The summed E-state index contributed by atoms with van der Waals surface area (Å²) in [7, 11) is 1.69. The summed E-state index contributed by atoms with van der Waals surface area (Å²) in [6, 6.07) is 7.94. The first-order valence-electron chi connectivity index (χ1n) is 6.73. The molecule has 1 rings (SSSR count). The van der Waals surface area contributed by atoms with Gasteiger partial charge in [-0.3, -0.25) is 4.79 Å². The van der Waals surface area contributed by atoms with E-state index >= 15 is 0 Å². The van der Waals surface area contributed by atoms with Gasteiger partial charge in [0.1, 0.15) is 0 Å². The van der Waals surface area contributed by atoms with Crippen molar-refractivity contribution < 1.29 is 9.53 Å². The largest absolute Gasteiger partial charge is 0.383 e. The van der Waals surface area contributed by atoms with Crippen molar-refractivity contribution >= 4 is 11.6 Å². The van der Waals surface area contributed by atoms with E-state index < -0.39 is 0 Å². The van der Waals surface area contributed by atoms with Crippen molar-refractivity contribution in [3.05, 3.63) is 29.8 Å². The third-order valence-corrected chi connectivity index (χ3v) is 2.78. The highest BCUT2D eigenvalue weighted by molar-refractivity contribution is 5.95. The summed E-state index contributed by atoms with van der Waals surface area (Å²) in [5.41, 5.74) is 1.62. The van der Waals surface area contributed by atoms with Crippen LogP contribution in [0.5, 0.6) is 0 Å². The van der Waals surface area contributed by atoms with Gasteiger partial charge in [-0.1, -0.05) is 13.0 Å². The van der Waals surface area contributed by atoms with Gasteiger partial charge in [0.2, 0.25) is 0 Å². The van der Waals surface area contributed by atoms with E-state index in [4.69, 9.17) is 4.74 Å². The van der Waals surface area contributed by atoms with Gasteiger partial charge in [-0.15, -0.1) is 0 Å². The second kappa shape index (κ2) is 7.79. The van der Waals surface area contributed by atoms with Gasteiger partial charge in [-0.25, -0.2) is 0 Å². The van der Waals surface area contributed by atoms with Crippen LogP contribution >= 0.6 is 0 Å². The standard InChI is InChI=1S/C15H24N2O2/c1-5-13(10-19-4)17-14-8-6-7-12(9-14)15(18)16-11(2)3/h6-9,11,13,17H,5,10H2,1-4H3,(H,16,18). The van der Waals surface area contributed by atoms with Gasteiger partial charge >= 0.3 is 0 Å². The third kappa shape index (κ3) is 5.30. The molecule has 0 spiro atoms. The molecular weight excluding hydrogens is 240 g/mol. The van der Waals surface area contributed by atoms with Gasteiger partial charge < -0.3 is 15.4 Å². The Labute approximate surface area is 115 Å². The van der Waals surface area contributed by atoms with Crippen LogP contribution in [0.1, 0.15) is 37.6 Å². The molecular formula is C15H24N2O2. The van der Waals surface area contributed by atoms with E-state index in [1.807, 2.05) is 38.1 Å². The lowest BCUT2D eigenvalue weighted by molar-refractivity contribution is 0.0943. The van der Waals surface area contributed by atoms with E-state index in [1.165, 1.54) is 0 Å². The maximum absolute atomic E-state index is 11.9. The van der Waals surface area contributed by atoms with Crippen molar-refractivity contribution in [2.24, 2.45) is 0 Å². The molecule has 0 aliphatic heterocycles. The molecule has 1 amide bonds. The molecule has 0 aliphatic rings. The highest BCUT2D eigenvalue weighted by atomic mass is 16.5. The van der Waals surface area contributed by atoms with E-state index in [2.05, 4.69) is 17.6 Å². The fourth-order valence-corrected chi connectivity index (χ4v) is 1.79. The number of benzene rings is 1. The number of nitrogens with one attached hydrogen (secondary N) is 2. The van der Waals surface area contributed by atoms with Crippen LogP contribution in [0.15, 0.2) is 24.3 Å². The summed E-state index contributed by atoms with van der Waals surface area (Å²) in [6.45, 7) is 6.66. The number of rotatable bonds is 7. The van der Waals surface area contributed by atoms with E-state index in [9.17, 15) is 4.79 Å². The highest BCUT2D eigenvalue weighted by Gasteiger charge is 2.09. The third-order valence-electron chi connectivity index (χ3n) is 2.78. The molecule has 0 radical (unpaired) electrons. The van der Waals surface area contributed by atoms with E-state index in [-0.39, 0.29) is 18.0 Å². The van der Waals surface area contributed by atoms with Crippen molar-refractivity contribution in [2.75, 3.05) is 19.0 Å². The molecule has 2 N–H and O–H groups in total. The molecule has 4 nitrogen and oxygen atoms in total. The van der Waals surface area contributed by atoms with Crippen LogP contribution in [0.25, 0.3) is 0 Å². The van der Waals surface area contributed by atoms with Gasteiger partial charge in [0, 0.05) is 30.4 Å². The lowest BCUT2D eigenvalue weighted by atomic mass is 10.1. The minimum atomic E-state index is -0.0431. The number of hydrogen-bond donors (Lipinski definition) is 2. The number of methoxy groups -OCH3 is 1. The van der Waals surface area contributed by atoms with Gasteiger partial charge in [-0.05, 0) is 38.5 Å². The first kappa shape index (κ1) is 15.5. The van der Waals surface area contributed by atoms with Crippen molar-refractivity contribution in [1.82, 2.24) is 5.32 Å². The molecule has 0 bridgehead atoms. The molecule has 0 saturated carbocycles. The van der Waals surface area contributed by atoms with Crippen molar-refractivity contribution in [2.45, 2.75) is 39.3 Å². The zero-order valence-corrected chi connectivity index (χ0v) is 12.2. The Morgan fingerprint density at radius 1 is 1.37 bits per heavy atom. The Kier molecular flexibility index (Phi) is 6.36. The number of amides is 1. The highest BCUT2D eigenvalue weighted by Crippen LogP contribution is 2.13. The number of carbonyl (C=O) groups is 1. The van der Waals surface area contributed by atoms with Crippen LogP contribution in [-0.2, 0) is 4.74 Å². The average Bonchev–Trinajstić information content (AvgIpc) is 2.37. The van der Waals surface area contributed by atoms with Crippen LogP contribution in [-0.4, -0.2) is 31.7 Å². The minimum absolute atomic E-state index is 0.0431.